The van der Waals surface area contributed by atoms with Crippen LogP contribution in [0.2, 0.25) is 0 Å². The minimum Gasteiger partial charge on any atom is -0.480 e. The Balaban J connectivity index is 1.41. The van der Waals surface area contributed by atoms with E-state index in [9.17, 15) is 19.8 Å². The molecular formula is C17H26N2O4. The number of carbonyl (C=O) groups is 2. The summed E-state index contributed by atoms with van der Waals surface area (Å²) in [7, 11) is 0. The van der Waals surface area contributed by atoms with E-state index >= 15 is 0 Å². The topological polar surface area (TPSA) is 89.9 Å². The number of aliphatic hydroxyl groups is 1. The average Bonchev–Trinajstić information content (AvgIpc) is 2.91. The number of rotatable bonds is 4. The summed E-state index contributed by atoms with van der Waals surface area (Å²) >= 11 is 0. The Bertz CT molecular complexity index is 521. The normalized spacial score (nSPS) is 44.7. The van der Waals surface area contributed by atoms with E-state index in [0.717, 1.165) is 38.5 Å². The van der Waals surface area contributed by atoms with E-state index in [1.807, 2.05) is 0 Å². The first kappa shape index (κ1) is 15.4. The Kier molecular flexibility index (Phi) is 3.47. The molecule has 1 heterocycles. The number of carboxylic acid groups (broad SMARTS) is 1. The van der Waals surface area contributed by atoms with E-state index in [2.05, 4.69) is 5.32 Å². The molecule has 4 saturated carbocycles. The number of nitrogens with zero attached hydrogens (tertiary/aromatic N) is 1. The van der Waals surface area contributed by atoms with Crippen molar-refractivity contribution in [2.75, 3.05) is 13.1 Å². The van der Waals surface area contributed by atoms with Crippen LogP contribution in [0.5, 0.6) is 0 Å². The van der Waals surface area contributed by atoms with Gasteiger partial charge in [0.2, 0.25) is 5.91 Å². The van der Waals surface area contributed by atoms with Crippen LogP contribution in [-0.4, -0.2) is 57.3 Å². The molecule has 0 aromatic heterocycles. The number of aliphatic carboxylic acids is 1. The molecule has 6 nitrogen and oxygen atoms in total. The van der Waals surface area contributed by atoms with Crippen LogP contribution in [0.1, 0.15) is 51.4 Å². The van der Waals surface area contributed by atoms with Crippen LogP contribution in [0.3, 0.4) is 0 Å². The molecule has 1 aliphatic heterocycles. The number of carbonyl (C=O) groups excluding carboxylic acids is 1. The first-order chi connectivity index (χ1) is 10.9. The summed E-state index contributed by atoms with van der Waals surface area (Å²) < 4.78 is 0. The van der Waals surface area contributed by atoms with Crippen LogP contribution < -0.4 is 5.32 Å². The third-order valence-corrected chi connectivity index (χ3v) is 6.50. The molecule has 0 aromatic rings. The zero-order chi connectivity index (χ0) is 16.2. The summed E-state index contributed by atoms with van der Waals surface area (Å²) in [6, 6.07) is -0.662. The second kappa shape index (κ2) is 5.18. The first-order valence-electron chi connectivity index (χ1n) is 8.88. The fraction of sp³-hybridized carbons (Fsp3) is 0.882. The van der Waals surface area contributed by atoms with Gasteiger partial charge in [0.05, 0.1) is 12.1 Å². The van der Waals surface area contributed by atoms with E-state index in [4.69, 9.17) is 0 Å². The van der Waals surface area contributed by atoms with Crippen molar-refractivity contribution in [2.24, 2.45) is 11.8 Å². The molecule has 0 aromatic carbocycles. The van der Waals surface area contributed by atoms with Crippen molar-refractivity contribution in [2.45, 2.75) is 68.5 Å². The maximum Gasteiger partial charge on any atom is 0.326 e. The summed E-state index contributed by atoms with van der Waals surface area (Å²) in [5.41, 5.74) is -0.662. The highest BCUT2D eigenvalue weighted by Gasteiger charge is 2.57. The van der Waals surface area contributed by atoms with Crippen LogP contribution in [0.25, 0.3) is 0 Å². The molecule has 5 aliphatic rings. The number of likely N-dealkylation sites (tertiary alicyclic amines) is 1. The smallest absolute Gasteiger partial charge is 0.326 e. The summed E-state index contributed by atoms with van der Waals surface area (Å²) in [6.45, 7) is 0.735. The van der Waals surface area contributed by atoms with Crippen LogP contribution in [0, 0.1) is 11.8 Å². The lowest BCUT2D eigenvalue weighted by molar-refractivity contribution is -0.151. The van der Waals surface area contributed by atoms with Gasteiger partial charge in [-0.2, -0.15) is 0 Å². The SMILES string of the molecule is O=C(O)C1CCCN1C(=O)CNC12CC3CC(CC(O)(C3)C1)C2. The molecule has 1 saturated heterocycles. The molecule has 23 heavy (non-hydrogen) atoms. The molecule has 3 atom stereocenters. The lowest BCUT2D eigenvalue weighted by Crippen LogP contribution is -2.65. The lowest BCUT2D eigenvalue weighted by atomic mass is 9.51. The number of carboxylic acids is 1. The maximum absolute atomic E-state index is 12.5. The van der Waals surface area contributed by atoms with E-state index in [0.29, 0.717) is 24.8 Å². The minimum atomic E-state index is -0.903. The monoisotopic (exact) mass is 322 g/mol. The zero-order valence-corrected chi connectivity index (χ0v) is 13.5. The van der Waals surface area contributed by atoms with Crippen molar-refractivity contribution >= 4 is 11.9 Å². The van der Waals surface area contributed by atoms with Gasteiger partial charge in [-0.25, -0.2) is 4.79 Å². The van der Waals surface area contributed by atoms with Gasteiger partial charge < -0.3 is 20.4 Å². The predicted octanol–water partition coefficient (Wildman–Crippen LogP) is 0.735. The van der Waals surface area contributed by atoms with Crippen LogP contribution in [0.15, 0.2) is 0 Å². The lowest BCUT2D eigenvalue weighted by Gasteiger charge is -2.60. The molecule has 128 valence electrons. The summed E-state index contributed by atoms with van der Waals surface area (Å²) in [5.74, 6) is 0.127. The van der Waals surface area contributed by atoms with Gasteiger partial charge in [0, 0.05) is 12.1 Å². The third kappa shape index (κ3) is 2.66. The molecule has 1 amide bonds. The van der Waals surface area contributed by atoms with Crippen molar-refractivity contribution in [1.29, 1.82) is 0 Å². The van der Waals surface area contributed by atoms with Crippen LogP contribution in [0.4, 0.5) is 0 Å². The van der Waals surface area contributed by atoms with E-state index in [-0.39, 0.29) is 18.0 Å². The van der Waals surface area contributed by atoms with Crippen molar-refractivity contribution in [3.05, 3.63) is 0 Å². The quantitative estimate of drug-likeness (QED) is 0.710. The molecular weight excluding hydrogens is 296 g/mol. The molecule has 4 bridgehead atoms. The highest BCUT2D eigenvalue weighted by atomic mass is 16.4. The summed E-state index contributed by atoms with van der Waals surface area (Å²) in [5, 5.41) is 23.4. The minimum absolute atomic E-state index is 0.113. The van der Waals surface area contributed by atoms with Gasteiger partial charge in [0.25, 0.3) is 0 Å². The Hall–Kier alpha value is -1.14. The number of nitrogens with one attached hydrogen (secondary N) is 1. The fourth-order valence-corrected chi connectivity index (χ4v) is 6.11. The van der Waals surface area contributed by atoms with Crippen LogP contribution >= 0.6 is 0 Å². The van der Waals surface area contributed by atoms with Gasteiger partial charge in [0.15, 0.2) is 0 Å². The van der Waals surface area contributed by atoms with Gasteiger partial charge in [-0.1, -0.05) is 0 Å². The second-order valence-electron chi connectivity index (χ2n) is 8.40. The Morgan fingerprint density at radius 3 is 2.48 bits per heavy atom. The molecule has 0 radical (unpaired) electrons. The highest BCUT2D eigenvalue weighted by Crippen LogP contribution is 2.57. The van der Waals surface area contributed by atoms with Crippen molar-refractivity contribution < 1.29 is 19.8 Å². The van der Waals surface area contributed by atoms with Gasteiger partial charge in [-0.15, -0.1) is 0 Å². The number of hydrogen-bond donors (Lipinski definition) is 3. The van der Waals surface area contributed by atoms with Gasteiger partial charge >= 0.3 is 5.97 Å². The van der Waals surface area contributed by atoms with Crippen molar-refractivity contribution in [3.8, 4) is 0 Å². The van der Waals surface area contributed by atoms with E-state index < -0.39 is 17.6 Å². The fourth-order valence-electron chi connectivity index (χ4n) is 6.11. The van der Waals surface area contributed by atoms with E-state index in [1.165, 1.54) is 11.3 Å². The highest BCUT2D eigenvalue weighted by molar-refractivity contribution is 5.85. The predicted molar refractivity (Wildman–Crippen MR) is 82.7 cm³/mol. The first-order valence-corrected chi connectivity index (χ1v) is 8.88. The Morgan fingerprint density at radius 1 is 1.17 bits per heavy atom. The molecule has 5 rings (SSSR count). The molecule has 3 unspecified atom stereocenters. The zero-order valence-electron chi connectivity index (χ0n) is 13.5. The molecule has 6 heteroatoms. The van der Waals surface area contributed by atoms with E-state index in [1.54, 1.807) is 0 Å². The molecule has 3 N–H and O–H groups in total. The second-order valence-corrected chi connectivity index (χ2v) is 8.40. The summed E-state index contributed by atoms with van der Waals surface area (Å²) in [6.07, 6.45) is 7.18. The number of amides is 1. The summed E-state index contributed by atoms with van der Waals surface area (Å²) in [4.78, 5) is 25.2. The maximum atomic E-state index is 12.5. The number of hydrogen-bond acceptors (Lipinski definition) is 4. The molecule has 5 fully saturated rings. The Labute approximate surface area is 136 Å². The van der Waals surface area contributed by atoms with Crippen molar-refractivity contribution in [3.63, 3.8) is 0 Å². The van der Waals surface area contributed by atoms with Gasteiger partial charge in [-0.3, -0.25) is 4.79 Å². The third-order valence-electron chi connectivity index (χ3n) is 6.50. The van der Waals surface area contributed by atoms with Gasteiger partial charge in [0.1, 0.15) is 6.04 Å². The van der Waals surface area contributed by atoms with Crippen LogP contribution in [-0.2, 0) is 9.59 Å². The largest absolute Gasteiger partial charge is 0.480 e. The average molecular weight is 322 g/mol. The standard InChI is InChI=1S/C17H26N2O4/c20-14(19-3-1-2-13(19)15(21)22)9-18-16-5-11-4-12(6-16)8-17(23,7-11)10-16/h11-13,18,23H,1-10H2,(H,21,22). The molecule has 4 aliphatic carbocycles. The van der Waals surface area contributed by atoms with Gasteiger partial charge in [-0.05, 0) is 63.2 Å². The van der Waals surface area contributed by atoms with Crippen molar-refractivity contribution in [1.82, 2.24) is 10.2 Å². The molecule has 0 spiro atoms. The Morgan fingerprint density at radius 2 is 1.87 bits per heavy atom.